The highest BCUT2D eigenvalue weighted by Crippen LogP contribution is 2.38. The number of hydrogen-bond donors (Lipinski definition) is 0. The molecule has 0 spiro atoms. The van der Waals surface area contributed by atoms with Gasteiger partial charge in [-0.05, 0) is 51.8 Å². The average Bonchev–Trinajstić information content (AvgIpc) is 2.33. The Morgan fingerprint density at radius 1 is 1.47 bits per heavy atom. The Hall–Kier alpha value is -0.0200. The maximum absolute atomic E-state index is 11.5. The van der Waals surface area contributed by atoms with Crippen molar-refractivity contribution in [1.29, 1.82) is 0 Å². The number of rotatable bonds is 6. The van der Waals surface area contributed by atoms with Crippen LogP contribution in [0.4, 0.5) is 0 Å². The summed E-state index contributed by atoms with van der Waals surface area (Å²) in [5, 5.41) is 0. The van der Waals surface area contributed by atoms with Gasteiger partial charge in [0.1, 0.15) is 6.29 Å². The van der Waals surface area contributed by atoms with E-state index in [-0.39, 0.29) is 5.41 Å². The molecule has 0 aromatic rings. The van der Waals surface area contributed by atoms with Crippen molar-refractivity contribution in [3.05, 3.63) is 0 Å². The van der Waals surface area contributed by atoms with Crippen LogP contribution in [0.5, 0.6) is 0 Å². The van der Waals surface area contributed by atoms with E-state index >= 15 is 0 Å². The molecule has 0 N–H and O–H groups in total. The minimum atomic E-state index is -0.0616. The van der Waals surface area contributed by atoms with Crippen molar-refractivity contribution in [3.63, 3.8) is 0 Å². The molecule has 0 bridgehead atoms. The van der Waals surface area contributed by atoms with Gasteiger partial charge in [0.05, 0.1) is 0 Å². The summed E-state index contributed by atoms with van der Waals surface area (Å²) in [6, 6.07) is 0.557. The maximum Gasteiger partial charge on any atom is 0.127 e. The molecule has 0 amide bonds. The molecule has 3 heteroatoms. The van der Waals surface area contributed by atoms with Gasteiger partial charge >= 0.3 is 0 Å². The molecule has 0 heterocycles. The Labute approximate surface area is 111 Å². The van der Waals surface area contributed by atoms with E-state index in [1.807, 2.05) is 11.8 Å². The number of aldehydes is 1. The van der Waals surface area contributed by atoms with Gasteiger partial charge in [0.2, 0.25) is 0 Å². The number of carbonyl (C=O) groups excluding carboxylic acids is 1. The first-order chi connectivity index (χ1) is 8.03. The topological polar surface area (TPSA) is 20.3 Å². The lowest BCUT2D eigenvalue weighted by Gasteiger charge is -2.39. The predicted molar refractivity (Wildman–Crippen MR) is 76.6 cm³/mol. The van der Waals surface area contributed by atoms with Crippen molar-refractivity contribution < 1.29 is 4.79 Å². The van der Waals surface area contributed by atoms with Crippen LogP contribution in [0.15, 0.2) is 0 Å². The molecule has 2 nitrogen and oxygen atoms in total. The van der Waals surface area contributed by atoms with Crippen LogP contribution in [-0.4, -0.2) is 42.8 Å². The molecule has 0 saturated heterocycles. The van der Waals surface area contributed by atoms with Gasteiger partial charge in [-0.25, -0.2) is 0 Å². The predicted octanol–water partition coefficient (Wildman–Crippen LogP) is 3.07. The molecule has 1 atom stereocenters. The first-order valence-corrected chi connectivity index (χ1v) is 8.08. The zero-order valence-electron chi connectivity index (χ0n) is 11.7. The maximum atomic E-state index is 11.5. The normalized spacial score (nSPS) is 31.5. The van der Waals surface area contributed by atoms with Gasteiger partial charge in [0.15, 0.2) is 0 Å². The molecule has 0 aliphatic heterocycles. The lowest BCUT2D eigenvalue weighted by Crippen LogP contribution is -2.43. The zero-order valence-corrected chi connectivity index (χ0v) is 12.6. The summed E-state index contributed by atoms with van der Waals surface area (Å²) >= 11 is 1.88. The highest BCUT2D eigenvalue weighted by atomic mass is 32.2. The SMILES string of the molecule is CSCC(C)N(C)CC1(C=O)CCC(C)CC1. The van der Waals surface area contributed by atoms with Crippen LogP contribution < -0.4 is 0 Å². The first kappa shape index (κ1) is 15.0. The molecule has 1 fully saturated rings. The molecule has 1 saturated carbocycles. The zero-order chi connectivity index (χ0) is 12.9. The Bertz CT molecular complexity index is 236. The second-order valence-electron chi connectivity index (χ2n) is 5.88. The van der Waals surface area contributed by atoms with Crippen molar-refractivity contribution in [1.82, 2.24) is 4.90 Å². The third kappa shape index (κ3) is 4.29. The lowest BCUT2D eigenvalue weighted by molar-refractivity contribution is -0.119. The van der Waals surface area contributed by atoms with E-state index in [0.717, 1.165) is 31.1 Å². The fourth-order valence-corrected chi connectivity index (χ4v) is 3.41. The minimum Gasteiger partial charge on any atom is -0.303 e. The quantitative estimate of drug-likeness (QED) is 0.682. The highest BCUT2D eigenvalue weighted by Gasteiger charge is 2.35. The van der Waals surface area contributed by atoms with Crippen molar-refractivity contribution in [2.75, 3.05) is 25.6 Å². The van der Waals surface area contributed by atoms with Gasteiger partial charge in [-0.15, -0.1) is 0 Å². The van der Waals surface area contributed by atoms with Crippen LogP contribution in [-0.2, 0) is 4.79 Å². The third-order valence-electron chi connectivity index (χ3n) is 4.24. The third-order valence-corrected chi connectivity index (χ3v) is 5.06. The van der Waals surface area contributed by atoms with Crippen molar-refractivity contribution in [2.24, 2.45) is 11.3 Å². The van der Waals surface area contributed by atoms with Crippen molar-refractivity contribution in [3.8, 4) is 0 Å². The Morgan fingerprint density at radius 3 is 2.53 bits per heavy atom. The van der Waals surface area contributed by atoms with Gasteiger partial charge in [-0.2, -0.15) is 11.8 Å². The number of nitrogens with zero attached hydrogens (tertiary/aromatic N) is 1. The smallest absolute Gasteiger partial charge is 0.127 e. The fraction of sp³-hybridized carbons (Fsp3) is 0.929. The molecule has 17 heavy (non-hydrogen) atoms. The monoisotopic (exact) mass is 257 g/mol. The molecule has 1 aliphatic carbocycles. The second kappa shape index (κ2) is 6.79. The molecule has 0 aromatic carbocycles. The number of thioether (sulfide) groups is 1. The van der Waals surface area contributed by atoms with Gasteiger partial charge < -0.3 is 9.69 Å². The van der Waals surface area contributed by atoms with E-state index in [0.29, 0.717) is 6.04 Å². The fourth-order valence-electron chi connectivity index (χ4n) is 2.67. The summed E-state index contributed by atoms with van der Waals surface area (Å²) in [6.07, 6.45) is 7.96. The van der Waals surface area contributed by atoms with Crippen LogP contribution in [0.25, 0.3) is 0 Å². The summed E-state index contributed by atoms with van der Waals surface area (Å²) in [4.78, 5) is 13.8. The van der Waals surface area contributed by atoms with E-state index in [1.165, 1.54) is 19.1 Å². The molecule has 1 aliphatic rings. The number of hydrogen-bond acceptors (Lipinski definition) is 3. The summed E-state index contributed by atoms with van der Waals surface area (Å²) in [6.45, 7) is 5.49. The van der Waals surface area contributed by atoms with E-state index in [1.54, 1.807) is 0 Å². The Balaban J connectivity index is 2.53. The molecule has 100 valence electrons. The summed E-state index contributed by atoms with van der Waals surface area (Å²) in [7, 11) is 2.16. The van der Waals surface area contributed by atoms with E-state index in [9.17, 15) is 4.79 Å². The van der Waals surface area contributed by atoms with E-state index < -0.39 is 0 Å². The average molecular weight is 257 g/mol. The van der Waals surface area contributed by atoms with Gasteiger partial charge in [-0.1, -0.05) is 6.92 Å². The van der Waals surface area contributed by atoms with Gasteiger partial charge in [-0.3, -0.25) is 0 Å². The van der Waals surface area contributed by atoms with Crippen LogP contribution in [0, 0.1) is 11.3 Å². The van der Waals surface area contributed by atoms with Crippen LogP contribution in [0.3, 0.4) is 0 Å². The standard InChI is InChI=1S/C14H27NOS/c1-12-5-7-14(11-16,8-6-12)10-15(3)13(2)9-17-4/h11-13H,5-10H2,1-4H3. The number of carbonyl (C=O) groups is 1. The van der Waals surface area contributed by atoms with Gasteiger partial charge in [0, 0.05) is 23.8 Å². The van der Waals surface area contributed by atoms with Crippen molar-refractivity contribution >= 4 is 18.0 Å². The molecule has 0 aromatic heterocycles. The van der Waals surface area contributed by atoms with Gasteiger partial charge in [0.25, 0.3) is 0 Å². The molecular formula is C14H27NOS. The van der Waals surface area contributed by atoms with Crippen LogP contribution >= 0.6 is 11.8 Å². The highest BCUT2D eigenvalue weighted by molar-refractivity contribution is 7.98. The summed E-state index contributed by atoms with van der Waals surface area (Å²) in [5.74, 6) is 1.94. The lowest BCUT2D eigenvalue weighted by atomic mass is 9.71. The largest absolute Gasteiger partial charge is 0.303 e. The first-order valence-electron chi connectivity index (χ1n) is 6.68. The molecule has 1 rings (SSSR count). The van der Waals surface area contributed by atoms with E-state index in [4.69, 9.17) is 0 Å². The Kier molecular flexibility index (Phi) is 6.01. The minimum absolute atomic E-state index is 0.0616. The summed E-state index contributed by atoms with van der Waals surface area (Å²) < 4.78 is 0. The van der Waals surface area contributed by atoms with Crippen molar-refractivity contribution in [2.45, 2.75) is 45.6 Å². The Morgan fingerprint density at radius 2 is 2.06 bits per heavy atom. The molecule has 1 unspecified atom stereocenters. The van der Waals surface area contributed by atoms with E-state index in [2.05, 4.69) is 32.1 Å². The second-order valence-corrected chi connectivity index (χ2v) is 6.79. The van der Waals surface area contributed by atoms with Crippen LogP contribution in [0.1, 0.15) is 39.5 Å². The molecule has 0 radical (unpaired) electrons. The molecular weight excluding hydrogens is 230 g/mol. The summed E-state index contributed by atoms with van der Waals surface area (Å²) in [5.41, 5.74) is -0.0616. The van der Waals surface area contributed by atoms with Crippen LogP contribution in [0.2, 0.25) is 0 Å².